The zero-order valence-corrected chi connectivity index (χ0v) is 19.1. The molecule has 0 saturated heterocycles. The number of carbonyl (C=O) groups is 2. The predicted octanol–water partition coefficient (Wildman–Crippen LogP) is 3.95. The van der Waals surface area contributed by atoms with Crippen LogP contribution in [0.15, 0.2) is 42.6 Å². The maximum Gasteiger partial charge on any atom is 0.410 e. The third-order valence-corrected chi connectivity index (χ3v) is 5.87. The summed E-state index contributed by atoms with van der Waals surface area (Å²) >= 11 is 0. The first-order valence-electron chi connectivity index (χ1n) is 11.0. The molecule has 0 aliphatic carbocycles. The number of carbonyl (C=O) groups excluding carboxylic acids is 1. The van der Waals surface area contributed by atoms with Crippen LogP contribution in [-0.2, 0) is 42.6 Å². The molecule has 178 valence electrons. The Morgan fingerprint density at radius 3 is 2.65 bits per heavy atom. The Kier molecular flexibility index (Phi) is 6.81. The minimum absolute atomic E-state index is 0.0915. The van der Waals surface area contributed by atoms with Crippen molar-refractivity contribution in [1.29, 1.82) is 0 Å². The first-order chi connectivity index (χ1) is 16.4. The second kappa shape index (κ2) is 9.94. The minimum Gasteiger partial charge on any atom is -0.493 e. The third kappa shape index (κ3) is 4.88. The van der Waals surface area contributed by atoms with Gasteiger partial charge >= 0.3 is 12.1 Å². The van der Waals surface area contributed by atoms with Gasteiger partial charge in [0.2, 0.25) is 0 Å². The van der Waals surface area contributed by atoms with Crippen molar-refractivity contribution in [2.24, 2.45) is 7.05 Å². The Bertz CT molecular complexity index is 1220. The molecule has 0 fully saturated rings. The van der Waals surface area contributed by atoms with Crippen LogP contribution in [0.4, 0.5) is 9.18 Å². The van der Waals surface area contributed by atoms with Crippen molar-refractivity contribution in [2.75, 3.05) is 13.2 Å². The standard InChI is InChI=1S/C25H26FN3O5/c1-3-33-23-12-16(13-24(30)31)4-5-20(23)18-6-7-22(26)19-9-11-29(14-21(18)19)25(32)34-15-17-8-10-27-28(17)2/h4-8,10,12H,3,9,11,13-15H2,1-2H3,(H,30,31). The fraction of sp³-hybridized carbons (Fsp3) is 0.320. The molecular weight excluding hydrogens is 441 g/mol. The number of rotatable bonds is 7. The van der Waals surface area contributed by atoms with E-state index in [9.17, 15) is 14.0 Å². The second-order valence-electron chi connectivity index (χ2n) is 8.06. The molecule has 0 radical (unpaired) electrons. The lowest BCUT2D eigenvalue weighted by molar-refractivity contribution is -0.136. The number of nitrogens with zero attached hydrogens (tertiary/aromatic N) is 3. The molecular formula is C25H26FN3O5. The van der Waals surface area contributed by atoms with Crippen LogP contribution in [0.3, 0.4) is 0 Å². The summed E-state index contributed by atoms with van der Waals surface area (Å²) in [5.41, 5.74) is 4.08. The zero-order chi connectivity index (χ0) is 24.2. The number of carboxylic acids is 1. The van der Waals surface area contributed by atoms with Crippen LogP contribution in [-0.4, -0.2) is 45.0 Å². The van der Waals surface area contributed by atoms with Crippen LogP contribution in [0, 0.1) is 5.82 Å². The van der Waals surface area contributed by atoms with Crippen LogP contribution >= 0.6 is 0 Å². The van der Waals surface area contributed by atoms with Gasteiger partial charge in [0.25, 0.3) is 0 Å². The normalized spacial score (nSPS) is 12.9. The first kappa shape index (κ1) is 23.3. The van der Waals surface area contributed by atoms with Crippen molar-refractivity contribution in [3.8, 4) is 16.9 Å². The van der Waals surface area contributed by atoms with Gasteiger partial charge in [-0.15, -0.1) is 0 Å². The van der Waals surface area contributed by atoms with Crippen LogP contribution < -0.4 is 4.74 Å². The molecule has 1 aliphatic heterocycles. The molecule has 0 saturated carbocycles. The SMILES string of the molecule is CCOc1cc(CC(=O)O)ccc1-c1ccc(F)c2c1CN(C(=O)OCc1ccnn1C)CC2. The summed E-state index contributed by atoms with van der Waals surface area (Å²) in [4.78, 5) is 25.5. The highest BCUT2D eigenvalue weighted by Gasteiger charge is 2.27. The van der Waals surface area contributed by atoms with Crippen LogP contribution in [0.2, 0.25) is 0 Å². The van der Waals surface area contributed by atoms with E-state index in [2.05, 4.69) is 5.10 Å². The fourth-order valence-electron chi connectivity index (χ4n) is 4.16. The van der Waals surface area contributed by atoms with E-state index in [4.69, 9.17) is 14.6 Å². The highest BCUT2D eigenvalue weighted by atomic mass is 19.1. The predicted molar refractivity (Wildman–Crippen MR) is 122 cm³/mol. The molecule has 2 aromatic carbocycles. The third-order valence-electron chi connectivity index (χ3n) is 5.87. The topological polar surface area (TPSA) is 93.9 Å². The Morgan fingerprint density at radius 2 is 1.94 bits per heavy atom. The summed E-state index contributed by atoms with van der Waals surface area (Å²) in [6, 6.07) is 10.1. The Morgan fingerprint density at radius 1 is 1.15 bits per heavy atom. The summed E-state index contributed by atoms with van der Waals surface area (Å²) in [7, 11) is 1.77. The van der Waals surface area contributed by atoms with Crippen LogP contribution in [0.25, 0.3) is 11.1 Å². The average molecular weight is 467 g/mol. The van der Waals surface area contributed by atoms with Gasteiger partial charge in [-0.3, -0.25) is 9.48 Å². The molecule has 3 aromatic rings. The quantitative estimate of drug-likeness (QED) is 0.566. The number of hydrogen-bond acceptors (Lipinski definition) is 5. The minimum atomic E-state index is -0.936. The van der Waals surface area contributed by atoms with Crippen molar-refractivity contribution in [2.45, 2.75) is 32.9 Å². The molecule has 4 rings (SSSR count). The largest absolute Gasteiger partial charge is 0.493 e. The molecule has 1 aromatic heterocycles. The van der Waals surface area contributed by atoms with Gasteiger partial charge < -0.3 is 19.5 Å². The van der Waals surface area contributed by atoms with E-state index in [1.165, 1.54) is 6.07 Å². The average Bonchev–Trinajstić information content (AvgIpc) is 3.22. The number of aliphatic carboxylic acids is 1. The Hall–Kier alpha value is -3.88. The van der Waals surface area contributed by atoms with E-state index in [0.717, 1.165) is 16.8 Å². The van der Waals surface area contributed by atoms with Crippen molar-refractivity contribution < 1.29 is 28.6 Å². The molecule has 0 spiro atoms. The van der Waals surface area contributed by atoms with Gasteiger partial charge in [0, 0.05) is 31.9 Å². The van der Waals surface area contributed by atoms with E-state index < -0.39 is 12.1 Å². The summed E-state index contributed by atoms with van der Waals surface area (Å²) in [5, 5.41) is 13.2. The molecule has 1 N–H and O–H groups in total. The summed E-state index contributed by atoms with van der Waals surface area (Å²) in [5.74, 6) is -0.734. The second-order valence-corrected chi connectivity index (χ2v) is 8.06. The smallest absolute Gasteiger partial charge is 0.410 e. The lowest BCUT2D eigenvalue weighted by Gasteiger charge is -2.30. The van der Waals surface area contributed by atoms with E-state index in [0.29, 0.717) is 42.0 Å². The fourth-order valence-corrected chi connectivity index (χ4v) is 4.16. The monoisotopic (exact) mass is 467 g/mol. The molecule has 0 atom stereocenters. The number of aromatic nitrogens is 2. The molecule has 1 aliphatic rings. The van der Waals surface area contributed by atoms with Crippen molar-refractivity contribution in [3.05, 3.63) is 70.8 Å². The van der Waals surface area contributed by atoms with Crippen molar-refractivity contribution in [3.63, 3.8) is 0 Å². The highest BCUT2D eigenvalue weighted by Crippen LogP contribution is 2.38. The Balaban J connectivity index is 1.63. The number of fused-ring (bicyclic) bond motifs is 1. The maximum absolute atomic E-state index is 14.7. The summed E-state index contributed by atoms with van der Waals surface area (Å²) in [6.07, 6.45) is 1.38. The number of amides is 1. The number of ether oxygens (including phenoxy) is 2. The Labute approximate surface area is 196 Å². The lowest BCUT2D eigenvalue weighted by Crippen LogP contribution is -2.37. The van der Waals surface area contributed by atoms with Crippen molar-refractivity contribution in [1.82, 2.24) is 14.7 Å². The molecule has 0 bridgehead atoms. The summed E-state index contributed by atoms with van der Waals surface area (Å²) in [6.45, 7) is 2.85. The highest BCUT2D eigenvalue weighted by molar-refractivity contribution is 5.78. The molecule has 34 heavy (non-hydrogen) atoms. The lowest BCUT2D eigenvalue weighted by atomic mass is 9.90. The van der Waals surface area contributed by atoms with Crippen LogP contribution in [0.1, 0.15) is 29.3 Å². The first-order valence-corrected chi connectivity index (χ1v) is 11.0. The molecule has 9 heteroatoms. The number of halogens is 1. The molecule has 1 amide bonds. The number of hydrogen-bond donors (Lipinski definition) is 1. The molecule has 2 heterocycles. The van der Waals surface area contributed by atoms with E-state index in [1.54, 1.807) is 53.2 Å². The van der Waals surface area contributed by atoms with Crippen molar-refractivity contribution >= 4 is 12.1 Å². The zero-order valence-electron chi connectivity index (χ0n) is 19.1. The number of benzene rings is 2. The number of carboxylic acid groups (broad SMARTS) is 1. The molecule has 0 unspecified atom stereocenters. The van der Waals surface area contributed by atoms with E-state index in [1.807, 2.05) is 6.92 Å². The van der Waals surface area contributed by atoms with Gasteiger partial charge in [0.15, 0.2) is 0 Å². The van der Waals surface area contributed by atoms with Crippen LogP contribution in [0.5, 0.6) is 5.75 Å². The van der Waals surface area contributed by atoms with Gasteiger partial charge in [0.05, 0.1) is 18.7 Å². The van der Waals surface area contributed by atoms with Gasteiger partial charge in [-0.05, 0) is 53.8 Å². The van der Waals surface area contributed by atoms with Gasteiger partial charge in [0.1, 0.15) is 18.2 Å². The maximum atomic E-state index is 14.7. The van der Waals surface area contributed by atoms with Gasteiger partial charge in [-0.1, -0.05) is 18.2 Å². The van der Waals surface area contributed by atoms with Gasteiger partial charge in [-0.2, -0.15) is 5.10 Å². The van der Waals surface area contributed by atoms with Gasteiger partial charge in [-0.25, -0.2) is 9.18 Å². The molecule has 8 nitrogen and oxygen atoms in total. The van der Waals surface area contributed by atoms with E-state index in [-0.39, 0.29) is 25.4 Å². The number of aryl methyl sites for hydroxylation is 1. The van der Waals surface area contributed by atoms with E-state index >= 15 is 0 Å². The summed E-state index contributed by atoms with van der Waals surface area (Å²) < 4.78 is 27.6.